The topological polar surface area (TPSA) is 67.9 Å². The SMILES string of the molecule is COc1cccc(N2C[C@@]34C=CC(O3)C(C(=O)Nc3ccc(C(C)C)cc3)C4C2=O)c1. The van der Waals surface area contributed by atoms with E-state index in [1.54, 1.807) is 12.0 Å². The summed E-state index contributed by atoms with van der Waals surface area (Å²) < 4.78 is 11.5. The van der Waals surface area contributed by atoms with Crippen LogP contribution in [0.25, 0.3) is 0 Å². The fourth-order valence-corrected chi connectivity index (χ4v) is 4.97. The Bertz CT molecular complexity index is 1060. The van der Waals surface area contributed by atoms with E-state index in [9.17, 15) is 9.59 Å². The van der Waals surface area contributed by atoms with E-state index in [-0.39, 0.29) is 17.9 Å². The second-order valence-corrected chi connectivity index (χ2v) is 8.79. The fourth-order valence-electron chi connectivity index (χ4n) is 4.97. The quantitative estimate of drug-likeness (QED) is 0.751. The van der Waals surface area contributed by atoms with E-state index in [1.807, 2.05) is 60.7 Å². The summed E-state index contributed by atoms with van der Waals surface area (Å²) in [4.78, 5) is 28.4. The van der Waals surface area contributed by atoms with Gasteiger partial charge in [-0.05, 0) is 35.7 Å². The van der Waals surface area contributed by atoms with Crippen LogP contribution in [-0.2, 0) is 14.3 Å². The third-order valence-electron chi connectivity index (χ3n) is 6.61. The van der Waals surface area contributed by atoms with Crippen molar-refractivity contribution < 1.29 is 19.1 Å². The Morgan fingerprint density at radius 3 is 2.71 bits per heavy atom. The molecule has 0 aromatic heterocycles. The lowest BCUT2D eigenvalue weighted by Crippen LogP contribution is -2.41. The van der Waals surface area contributed by atoms with Crippen molar-refractivity contribution in [1.29, 1.82) is 0 Å². The van der Waals surface area contributed by atoms with Crippen molar-refractivity contribution in [3.05, 3.63) is 66.2 Å². The van der Waals surface area contributed by atoms with Gasteiger partial charge in [-0.1, -0.05) is 44.2 Å². The summed E-state index contributed by atoms with van der Waals surface area (Å²) in [7, 11) is 1.60. The van der Waals surface area contributed by atoms with Gasteiger partial charge in [-0.15, -0.1) is 0 Å². The second-order valence-electron chi connectivity index (χ2n) is 8.79. The number of hydrogen-bond acceptors (Lipinski definition) is 4. The number of carbonyl (C=O) groups is 2. The molecule has 6 nitrogen and oxygen atoms in total. The number of anilines is 2. The van der Waals surface area contributed by atoms with Crippen LogP contribution in [0.15, 0.2) is 60.7 Å². The number of benzene rings is 2. The van der Waals surface area contributed by atoms with Gasteiger partial charge in [-0.2, -0.15) is 0 Å². The fraction of sp³-hybridized carbons (Fsp3) is 0.360. The molecule has 0 saturated carbocycles. The maximum Gasteiger partial charge on any atom is 0.234 e. The van der Waals surface area contributed by atoms with Crippen molar-refractivity contribution in [2.75, 3.05) is 23.9 Å². The summed E-state index contributed by atoms with van der Waals surface area (Å²) in [6, 6.07) is 15.3. The van der Waals surface area contributed by atoms with E-state index in [1.165, 1.54) is 5.56 Å². The van der Waals surface area contributed by atoms with Crippen molar-refractivity contribution in [1.82, 2.24) is 0 Å². The molecule has 160 valence electrons. The Morgan fingerprint density at radius 1 is 1.23 bits per heavy atom. The standard InChI is InChI=1S/C25H26N2O4/c1-15(2)16-7-9-17(10-8-16)26-23(28)21-20-11-12-25(31-20)14-27(24(29)22(21)25)18-5-4-6-19(13-18)30-3/h4-13,15,20-22H,14H2,1-3H3,(H,26,28)/t20?,21?,22?,25-/m1/s1. The van der Waals surface area contributed by atoms with Gasteiger partial charge in [0.1, 0.15) is 11.4 Å². The Labute approximate surface area is 181 Å². The lowest BCUT2D eigenvalue weighted by atomic mass is 9.76. The first-order valence-corrected chi connectivity index (χ1v) is 10.7. The van der Waals surface area contributed by atoms with E-state index in [2.05, 4.69) is 19.2 Å². The molecule has 2 amide bonds. The Balaban J connectivity index is 1.39. The molecule has 3 aliphatic rings. The molecule has 1 spiro atoms. The van der Waals surface area contributed by atoms with Crippen molar-refractivity contribution in [2.45, 2.75) is 31.5 Å². The van der Waals surface area contributed by atoms with Gasteiger partial charge in [-0.25, -0.2) is 0 Å². The molecule has 2 saturated heterocycles. The predicted molar refractivity (Wildman–Crippen MR) is 118 cm³/mol. The average molecular weight is 418 g/mol. The highest BCUT2D eigenvalue weighted by Gasteiger charge is 2.67. The zero-order valence-electron chi connectivity index (χ0n) is 17.9. The third-order valence-corrected chi connectivity index (χ3v) is 6.61. The first-order valence-electron chi connectivity index (χ1n) is 10.7. The van der Waals surface area contributed by atoms with Crippen LogP contribution in [0.3, 0.4) is 0 Å². The highest BCUT2D eigenvalue weighted by Crippen LogP contribution is 2.53. The first kappa shape index (κ1) is 19.8. The predicted octanol–water partition coefficient (Wildman–Crippen LogP) is 3.74. The van der Waals surface area contributed by atoms with Crippen molar-refractivity contribution >= 4 is 23.2 Å². The molecule has 2 aromatic rings. The van der Waals surface area contributed by atoms with Gasteiger partial charge in [0.25, 0.3) is 0 Å². The maximum absolute atomic E-state index is 13.4. The van der Waals surface area contributed by atoms with Crippen LogP contribution in [0.1, 0.15) is 25.3 Å². The summed E-state index contributed by atoms with van der Waals surface area (Å²) >= 11 is 0. The average Bonchev–Trinajstić information content (AvgIpc) is 3.42. The second kappa shape index (κ2) is 7.24. The van der Waals surface area contributed by atoms with Gasteiger partial charge in [0.15, 0.2) is 0 Å². The molecule has 2 bridgehead atoms. The molecule has 5 rings (SSSR count). The van der Waals surface area contributed by atoms with E-state index in [0.717, 1.165) is 11.4 Å². The van der Waals surface area contributed by atoms with Crippen LogP contribution in [-0.4, -0.2) is 37.2 Å². The number of nitrogens with one attached hydrogen (secondary N) is 1. The third kappa shape index (κ3) is 3.13. The molecule has 2 aromatic carbocycles. The molecule has 1 N–H and O–H groups in total. The molecule has 4 atom stereocenters. The van der Waals surface area contributed by atoms with E-state index in [0.29, 0.717) is 18.2 Å². The van der Waals surface area contributed by atoms with Gasteiger partial charge in [0.05, 0.1) is 31.6 Å². The lowest BCUT2D eigenvalue weighted by Gasteiger charge is -2.23. The summed E-state index contributed by atoms with van der Waals surface area (Å²) in [5.74, 6) is -0.261. The van der Waals surface area contributed by atoms with Gasteiger partial charge in [0.2, 0.25) is 11.8 Å². The Hall–Kier alpha value is -3.12. The number of carbonyl (C=O) groups excluding carboxylic acids is 2. The molecule has 0 radical (unpaired) electrons. The van der Waals surface area contributed by atoms with Gasteiger partial charge >= 0.3 is 0 Å². The molecular formula is C25H26N2O4. The number of amides is 2. The van der Waals surface area contributed by atoms with Gasteiger partial charge in [0, 0.05) is 17.4 Å². The summed E-state index contributed by atoms with van der Waals surface area (Å²) in [5.41, 5.74) is 1.93. The Kier molecular flexibility index (Phi) is 4.63. The zero-order chi connectivity index (χ0) is 21.8. The largest absolute Gasteiger partial charge is 0.497 e. The van der Waals surface area contributed by atoms with Gasteiger partial charge in [-0.3, -0.25) is 9.59 Å². The number of fused-ring (bicyclic) bond motifs is 1. The van der Waals surface area contributed by atoms with E-state index >= 15 is 0 Å². The van der Waals surface area contributed by atoms with Crippen LogP contribution in [0.4, 0.5) is 11.4 Å². The molecule has 3 unspecified atom stereocenters. The molecule has 2 fully saturated rings. The van der Waals surface area contributed by atoms with Crippen molar-refractivity contribution in [3.63, 3.8) is 0 Å². The molecule has 3 heterocycles. The van der Waals surface area contributed by atoms with Crippen molar-refractivity contribution in [3.8, 4) is 5.75 Å². The van der Waals surface area contributed by atoms with Crippen LogP contribution < -0.4 is 15.0 Å². The summed E-state index contributed by atoms with van der Waals surface area (Å²) in [6.45, 7) is 4.65. The minimum Gasteiger partial charge on any atom is -0.497 e. The monoisotopic (exact) mass is 418 g/mol. The van der Waals surface area contributed by atoms with Gasteiger partial charge < -0.3 is 19.7 Å². The number of ether oxygens (including phenoxy) is 2. The smallest absolute Gasteiger partial charge is 0.234 e. The van der Waals surface area contributed by atoms with Crippen LogP contribution in [0.2, 0.25) is 0 Å². The van der Waals surface area contributed by atoms with Crippen LogP contribution in [0, 0.1) is 11.8 Å². The normalized spacial score (nSPS) is 28.3. The van der Waals surface area contributed by atoms with E-state index in [4.69, 9.17) is 9.47 Å². The minimum absolute atomic E-state index is 0.0876. The summed E-state index contributed by atoms with van der Waals surface area (Å²) in [5, 5.41) is 2.99. The number of hydrogen-bond donors (Lipinski definition) is 1. The maximum atomic E-state index is 13.4. The van der Waals surface area contributed by atoms with E-state index < -0.39 is 17.4 Å². The number of nitrogens with zero attached hydrogens (tertiary/aromatic N) is 1. The molecule has 3 aliphatic heterocycles. The minimum atomic E-state index is -0.756. The first-order chi connectivity index (χ1) is 14.9. The Morgan fingerprint density at radius 2 is 2.00 bits per heavy atom. The highest BCUT2D eigenvalue weighted by molar-refractivity contribution is 6.05. The molecule has 6 heteroatoms. The van der Waals surface area contributed by atoms with Crippen LogP contribution >= 0.6 is 0 Å². The molecule has 31 heavy (non-hydrogen) atoms. The molecular weight excluding hydrogens is 392 g/mol. The highest BCUT2D eigenvalue weighted by atomic mass is 16.5. The lowest BCUT2D eigenvalue weighted by molar-refractivity contribution is -0.128. The number of methoxy groups -OCH3 is 1. The van der Waals surface area contributed by atoms with Crippen LogP contribution in [0.5, 0.6) is 5.75 Å². The zero-order valence-corrected chi connectivity index (χ0v) is 17.9. The van der Waals surface area contributed by atoms with Crippen molar-refractivity contribution in [2.24, 2.45) is 11.8 Å². The molecule has 0 aliphatic carbocycles. The summed E-state index contributed by atoms with van der Waals surface area (Å²) in [6.07, 6.45) is 3.50. The number of rotatable bonds is 5.